The number of para-hydroxylation sites is 1. The maximum atomic E-state index is 11.1. The van der Waals surface area contributed by atoms with Gasteiger partial charge in [0.2, 0.25) is 0 Å². The topological polar surface area (TPSA) is 71.6 Å². The molecule has 0 spiro atoms. The SMILES string of the molecule is O=C(O)c1cc2c(OCC3COc4ccccc43)cccc2[nH]1. The van der Waals surface area contributed by atoms with E-state index < -0.39 is 5.97 Å². The lowest BCUT2D eigenvalue weighted by molar-refractivity contribution is 0.0691. The third-order valence-corrected chi connectivity index (χ3v) is 4.09. The molecular formula is C18H15NO4. The summed E-state index contributed by atoms with van der Waals surface area (Å²) in [6, 6.07) is 15.1. The van der Waals surface area contributed by atoms with Gasteiger partial charge in [0.1, 0.15) is 17.2 Å². The van der Waals surface area contributed by atoms with Crippen molar-refractivity contribution in [3.8, 4) is 11.5 Å². The van der Waals surface area contributed by atoms with Gasteiger partial charge in [-0.05, 0) is 24.3 Å². The number of ether oxygens (including phenoxy) is 2. The second-order valence-electron chi connectivity index (χ2n) is 5.56. The molecule has 0 radical (unpaired) electrons. The molecule has 116 valence electrons. The number of benzene rings is 2. The number of aromatic nitrogens is 1. The van der Waals surface area contributed by atoms with Crippen molar-refractivity contribution in [2.24, 2.45) is 0 Å². The average Bonchev–Trinajstić information content (AvgIpc) is 3.17. The number of carbonyl (C=O) groups is 1. The van der Waals surface area contributed by atoms with Crippen LogP contribution in [0.1, 0.15) is 22.0 Å². The third-order valence-electron chi connectivity index (χ3n) is 4.09. The molecule has 2 aromatic carbocycles. The molecule has 1 atom stereocenters. The van der Waals surface area contributed by atoms with Crippen molar-refractivity contribution >= 4 is 16.9 Å². The Kier molecular flexibility index (Phi) is 3.19. The first-order valence-corrected chi connectivity index (χ1v) is 7.42. The molecule has 0 fully saturated rings. The second-order valence-corrected chi connectivity index (χ2v) is 5.56. The van der Waals surface area contributed by atoms with Gasteiger partial charge in [0.05, 0.1) is 19.1 Å². The van der Waals surface area contributed by atoms with Crippen LogP contribution in [0.5, 0.6) is 11.5 Å². The fourth-order valence-corrected chi connectivity index (χ4v) is 2.93. The molecule has 1 aliphatic rings. The van der Waals surface area contributed by atoms with E-state index in [4.69, 9.17) is 14.6 Å². The van der Waals surface area contributed by atoms with E-state index >= 15 is 0 Å². The molecule has 1 unspecified atom stereocenters. The molecule has 0 amide bonds. The van der Waals surface area contributed by atoms with Gasteiger partial charge in [-0.15, -0.1) is 0 Å². The van der Waals surface area contributed by atoms with E-state index in [9.17, 15) is 4.79 Å². The first kappa shape index (κ1) is 13.7. The number of aromatic carboxylic acids is 1. The van der Waals surface area contributed by atoms with Crippen molar-refractivity contribution in [3.05, 3.63) is 59.8 Å². The smallest absolute Gasteiger partial charge is 0.352 e. The van der Waals surface area contributed by atoms with Gasteiger partial charge in [-0.3, -0.25) is 0 Å². The van der Waals surface area contributed by atoms with E-state index in [1.807, 2.05) is 36.4 Å². The van der Waals surface area contributed by atoms with Crippen molar-refractivity contribution in [2.75, 3.05) is 13.2 Å². The van der Waals surface area contributed by atoms with Crippen molar-refractivity contribution in [2.45, 2.75) is 5.92 Å². The molecule has 5 nitrogen and oxygen atoms in total. The number of carboxylic acids is 1. The molecule has 1 aliphatic heterocycles. The maximum Gasteiger partial charge on any atom is 0.352 e. The van der Waals surface area contributed by atoms with Crippen LogP contribution < -0.4 is 9.47 Å². The first-order chi connectivity index (χ1) is 11.2. The van der Waals surface area contributed by atoms with Gasteiger partial charge >= 0.3 is 5.97 Å². The highest BCUT2D eigenvalue weighted by Gasteiger charge is 2.24. The third kappa shape index (κ3) is 2.40. The van der Waals surface area contributed by atoms with Crippen LogP contribution in [0.15, 0.2) is 48.5 Å². The van der Waals surface area contributed by atoms with Gasteiger partial charge in [-0.1, -0.05) is 24.3 Å². The van der Waals surface area contributed by atoms with Gasteiger partial charge in [-0.25, -0.2) is 4.79 Å². The van der Waals surface area contributed by atoms with Gasteiger partial charge in [0.25, 0.3) is 0 Å². The molecule has 0 saturated heterocycles. The standard InChI is InChI=1S/C18H15NO4/c20-18(21)15-8-13-14(19-15)5-3-7-17(13)23-10-11-9-22-16-6-2-1-4-12(11)16/h1-8,11,19H,9-10H2,(H,20,21). The molecule has 0 aliphatic carbocycles. The maximum absolute atomic E-state index is 11.1. The molecular weight excluding hydrogens is 294 g/mol. The van der Waals surface area contributed by atoms with Crippen LogP contribution in [-0.2, 0) is 0 Å². The summed E-state index contributed by atoms with van der Waals surface area (Å²) in [6.45, 7) is 1.09. The Morgan fingerprint density at radius 1 is 1.26 bits per heavy atom. The molecule has 0 saturated carbocycles. The van der Waals surface area contributed by atoms with Gasteiger partial charge in [0.15, 0.2) is 0 Å². The fourth-order valence-electron chi connectivity index (χ4n) is 2.93. The molecule has 4 rings (SSSR count). The predicted octanol–water partition coefficient (Wildman–Crippen LogP) is 3.42. The van der Waals surface area contributed by atoms with Gasteiger partial charge in [0, 0.05) is 16.5 Å². The van der Waals surface area contributed by atoms with Crippen molar-refractivity contribution in [1.29, 1.82) is 0 Å². The van der Waals surface area contributed by atoms with Crippen molar-refractivity contribution in [1.82, 2.24) is 4.98 Å². The van der Waals surface area contributed by atoms with Crippen LogP contribution in [0.2, 0.25) is 0 Å². The Labute approximate surface area is 132 Å². The molecule has 2 N–H and O–H groups in total. The Balaban J connectivity index is 1.58. The van der Waals surface area contributed by atoms with Gasteiger partial charge < -0.3 is 19.6 Å². The van der Waals surface area contributed by atoms with Crippen LogP contribution in [0.25, 0.3) is 10.9 Å². The zero-order chi connectivity index (χ0) is 15.8. The summed E-state index contributed by atoms with van der Waals surface area (Å²) < 4.78 is 11.6. The zero-order valence-corrected chi connectivity index (χ0v) is 12.3. The van der Waals surface area contributed by atoms with E-state index in [0.717, 1.165) is 22.2 Å². The van der Waals surface area contributed by atoms with E-state index in [1.165, 1.54) is 0 Å². The summed E-state index contributed by atoms with van der Waals surface area (Å²) in [5.41, 5.74) is 2.06. The number of rotatable bonds is 4. The molecule has 3 aromatic rings. The number of hydrogen-bond donors (Lipinski definition) is 2. The highest BCUT2D eigenvalue weighted by Crippen LogP contribution is 2.34. The number of fused-ring (bicyclic) bond motifs is 2. The van der Waals surface area contributed by atoms with Crippen LogP contribution >= 0.6 is 0 Å². The molecule has 0 bridgehead atoms. The largest absolute Gasteiger partial charge is 0.493 e. The minimum Gasteiger partial charge on any atom is -0.493 e. The lowest BCUT2D eigenvalue weighted by atomic mass is 10.0. The zero-order valence-electron chi connectivity index (χ0n) is 12.3. The van der Waals surface area contributed by atoms with Gasteiger partial charge in [-0.2, -0.15) is 0 Å². The second kappa shape index (κ2) is 5.35. The molecule has 23 heavy (non-hydrogen) atoms. The number of H-pyrrole nitrogens is 1. The highest BCUT2D eigenvalue weighted by atomic mass is 16.5. The normalized spacial score (nSPS) is 16.1. The summed E-state index contributed by atoms with van der Waals surface area (Å²) in [5, 5.41) is 9.87. The van der Waals surface area contributed by atoms with E-state index in [-0.39, 0.29) is 11.6 Å². The van der Waals surface area contributed by atoms with Crippen molar-refractivity contribution < 1.29 is 19.4 Å². The minimum absolute atomic E-state index is 0.158. The monoisotopic (exact) mass is 309 g/mol. The lowest BCUT2D eigenvalue weighted by Gasteiger charge is -2.12. The number of carboxylic acid groups (broad SMARTS) is 1. The van der Waals surface area contributed by atoms with E-state index in [0.29, 0.717) is 19.0 Å². The lowest BCUT2D eigenvalue weighted by Crippen LogP contribution is -2.11. The highest BCUT2D eigenvalue weighted by molar-refractivity contribution is 5.96. The Hall–Kier alpha value is -2.95. The summed E-state index contributed by atoms with van der Waals surface area (Å²) in [6.07, 6.45) is 0. The van der Waals surface area contributed by atoms with Crippen LogP contribution in [0, 0.1) is 0 Å². The Bertz CT molecular complexity index is 884. The van der Waals surface area contributed by atoms with E-state index in [2.05, 4.69) is 11.1 Å². The number of nitrogens with one attached hydrogen (secondary N) is 1. The summed E-state index contributed by atoms with van der Waals surface area (Å²) in [5.74, 6) is 0.786. The molecule has 5 heteroatoms. The quantitative estimate of drug-likeness (QED) is 0.774. The van der Waals surface area contributed by atoms with Crippen LogP contribution in [-0.4, -0.2) is 29.3 Å². The van der Waals surface area contributed by atoms with E-state index in [1.54, 1.807) is 6.07 Å². The summed E-state index contributed by atoms with van der Waals surface area (Å²) >= 11 is 0. The predicted molar refractivity (Wildman–Crippen MR) is 85.4 cm³/mol. The number of hydrogen-bond acceptors (Lipinski definition) is 3. The Morgan fingerprint density at radius 2 is 2.13 bits per heavy atom. The molecule has 2 heterocycles. The average molecular weight is 309 g/mol. The summed E-state index contributed by atoms with van der Waals surface area (Å²) in [7, 11) is 0. The minimum atomic E-state index is -0.981. The van der Waals surface area contributed by atoms with Crippen LogP contribution in [0.3, 0.4) is 0 Å². The summed E-state index contributed by atoms with van der Waals surface area (Å²) in [4.78, 5) is 14.0. The number of aromatic amines is 1. The Morgan fingerprint density at radius 3 is 3.00 bits per heavy atom. The first-order valence-electron chi connectivity index (χ1n) is 7.42. The molecule has 1 aromatic heterocycles. The fraction of sp³-hybridized carbons (Fsp3) is 0.167. The van der Waals surface area contributed by atoms with Crippen LogP contribution in [0.4, 0.5) is 0 Å². The van der Waals surface area contributed by atoms with Crippen molar-refractivity contribution in [3.63, 3.8) is 0 Å².